The first kappa shape index (κ1) is 26.2. The summed E-state index contributed by atoms with van der Waals surface area (Å²) in [5, 5.41) is 10.5. The Morgan fingerprint density at radius 3 is 2.34 bits per heavy atom. The molecule has 1 aliphatic carbocycles. The number of hydrogen-bond acceptors (Lipinski definition) is 4. The molecule has 179 valence electrons. The first-order chi connectivity index (χ1) is 16.2. The maximum absolute atomic E-state index is 13.0. The van der Waals surface area contributed by atoms with Gasteiger partial charge in [-0.1, -0.05) is 32.0 Å². The van der Waals surface area contributed by atoms with Gasteiger partial charge in [-0.25, -0.2) is 0 Å². The summed E-state index contributed by atoms with van der Waals surface area (Å²) in [5.41, 5.74) is 8.91. The molecule has 1 radical (unpaired) electrons. The third kappa shape index (κ3) is 5.32. The van der Waals surface area contributed by atoms with Crippen molar-refractivity contribution in [1.29, 1.82) is 0 Å². The Labute approximate surface area is 219 Å². The Kier molecular flexibility index (Phi) is 7.84. The first-order valence-corrected chi connectivity index (χ1v) is 11.1. The largest absolute Gasteiger partial charge is 0.512 e. The van der Waals surface area contributed by atoms with Gasteiger partial charge in [0, 0.05) is 43.5 Å². The number of aliphatic hydroxyl groups is 1. The molecule has 0 spiro atoms. The van der Waals surface area contributed by atoms with E-state index in [1.54, 1.807) is 0 Å². The van der Waals surface area contributed by atoms with Crippen LogP contribution in [0.2, 0.25) is 0 Å². The summed E-state index contributed by atoms with van der Waals surface area (Å²) in [6.45, 7) is 9.04. The molecular weight excluding hydrogens is 615 g/mol. The van der Waals surface area contributed by atoms with Gasteiger partial charge in [-0.2, -0.15) is 0 Å². The average molecular weight is 641 g/mol. The Bertz CT molecular complexity index is 1480. The van der Waals surface area contributed by atoms with Gasteiger partial charge in [-0.05, 0) is 72.1 Å². The summed E-state index contributed by atoms with van der Waals surface area (Å²) in [6, 6.07) is 19.7. The van der Waals surface area contributed by atoms with E-state index in [0.717, 1.165) is 55.4 Å². The molecule has 0 atom stereocenters. The standard InChI is InChI=1S/C25H18NO.C5H8O2.Ir/c1-14-9-15(2)11-18(10-14)24-20-13-22-21(12-17(20)7-8-26-24)23-16(3)5-4-6-19(23)25(22)27;1-4(6)3-5(2)7;/h4-10,12-13H,1-3H3;3,6H,1-2H3;/q-1;;/b;4-3-;. The van der Waals surface area contributed by atoms with Crippen molar-refractivity contribution in [2.75, 3.05) is 0 Å². The van der Waals surface area contributed by atoms with Crippen molar-refractivity contribution in [1.82, 2.24) is 4.98 Å². The molecular formula is C30H26IrNO3-. The number of fused-ring (bicyclic) bond motifs is 4. The van der Waals surface area contributed by atoms with Crippen molar-refractivity contribution in [3.63, 3.8) is 0 Å². The minimum atomic E-state index is -0.125. The summed E-state index contributed by atoms with van der Waals surface area (Å²) in [6.07, 6.45) is 3.01. The van der Waals surface area contributed by atoms with Gasteiger partial charge in [0.05, 0.1) is 5.76 Å². The van der Waals surface area contributed by atoms with Gasteiger partial charge in [-0.3, -0.25) is 9.59 Å². The summed E-state index contributed by atoms with van der Waals surface area (Å²) < 4.78 is 0. The van der Waals surface area contributed by atoms with Gasteiger partial charge in [-0.15, -0.1) is 34.9 Å². The van der Waals surface area contributed by atoms with Gasteiger partial charge in [0.15, 0.2) is 11.6 Å². The quantitative estimate of drug-likeness (QED) is 0.130. The molecule has 5 rings (SSSR count). The van der Waals surface area contributed by atoms with E-state index < -0.39 is 0 Å². The van der Waals surface area contributed by atoms with Crippen molar-refractivity contribution in [2.45, 2.75) is 34.6 Å². The molecule has 0 unspecified atom stereocenters. The predicted molar refractivity (Wildman–Crippen MR) is 136 cm³/mol. The number of carbonyl (C=O) groups excluding carboxylic acids is 2. The molecule has 5 heteroatoms. The zero-order valence-corrected chi connectivity index (χ0v) is 22.7. The number of nitrogens with zero attached hydrogens (tertiary/aromatic N) is 1. The van der Waals surface area contributed by atoms with Crippen LogP contribution in [0.3, 0.4) is 0 Å². The Balaban J connectivity index is 0.000000378. The molecule has 1 aromatic heterocycles. The number of ketones is 2. The van der Waals surface area contributed by atoms with Crippen LogP contribution >= 0.6 is 0 Å². The number of allylic oxidation sites excluding steroid dienone is 2. The van der Waals surface area contributed by atoms with E-state index in [0.29, 0.717) is 0 Å². The summed E-state index contributed by atoms with van der Waals surface area (Å²) in [5.74, 6) is 0.0392. The molecule has 1 aliphatic rings. The Hall–Kier alpha value is -3.40. The zero-order chi connectivity index (χ0) is 24.6. The number of aryl methyl sites for hydroxylation is 3. The van der Waals surface area contributed by atoms with E-state index in [9.17, 15) is 9.59 Å². The van der Waals surface area contributed by atoms with E-state index in [1.807, 2.05) is 37.4 Å². The van der Waals surface area contributed by atoms with E-state index in [1.165, 1.54) is 25.5 Å². The van der Waals surface area contributed by atoms with E-state index in [-0.39, 0.29) is 37.4 Å². The Morgan fingerprint density at radius 2 is 1.71 bits per heavy atom. The molecule has 0 fully saturated rings. The topological polar surface area (TPSA) is 67.3 Å². The molecule has 1 N–H and O–H groups in total. The van der Waals surface area contributed by atoms with Crippen LogP contribution in [0.1, 0.15) is 46.5 Å². The first-order valence-electron chi connectivity index (χ1n) is 11.1. The van der Waals surface area contributed by atoms with Gasteiger partial charge in [0.2, 0.25) is 0 Å². The molecule has 4 aromatic rings. The second kappa shape index (κ2) is 10.5. The molecule has 0 saturated heterocycles. The van der Waals surface area contributed by atoms with E-state index in [2.05, 4.69) is 49.2 Å². The third-order valence-electron chi connectivity index (χ3n) is 5.75. The number of rotatable bonds is 2. The molecule has 35 heavy (non-hydrogen) atoms. The van der Waals surface area contributed by atoms with Crippen LogP contribution in [0, 0.1) is 26.8 Å². The molecule has 4 nitrogen and oxygen atoms in total. The number of hydrogen-bond donors (Lipinski definition) is 1. The van der Waals surface area contributed by atoms with Crippen LogP contribution in [0.15, 0.2) is 66.6 Å². The SMILES string of the molecule is CC(=O)/C=C(/C)O.Cc1[c-]c(-c2nccc3cc4c(cc23)C(=O)c2cccc(C)c2-4)cc(C)c1.[Ir]. The maximum atomic E-state index is 13.0. The number of pyridine rings is 1. The van der Waals surface area contributed by atoms with Gasteiger partial charge in [0.1, 0.15) is 0 Å². The molecule has 0 aliphatic heterocycles. The summed E-state index contributed by atoms with van der Waals surface area (Å²) in [4.78, 5) is 27.7. The summed E-state index contributed by atoms with van der Waals surface area (Å²) >= 11 is 0. The molecule has 1 heterocycles. The minimum Gasteiger partial charge on any atom is -0.512 e. The van der Waals surface area contributed by atoms with Crippen LogP contribution < -0.4 is 0 Å². The predicted octanol–water partition coefficient (Wildman–Crippen LogP) is 6.87. The molecule has 0 bridgehead atoms. The van der Waals surface area contributed by atoms with Gasteiger partial charge < -0.3 is 10.1 Å². The molecule has 0 saturated carbocycles. The van der Waals surface area contributed by atoms with Gasteiger partial charge >= 0.3 is 0 Å². The van der Waals surface area contributed by atoms with Crippen molar-refractivity contribution >= 4 is 22.3 Å². The average Bonchev–Trinajstić information content (AvgIpc) is 3.03. The van der Waals surface area contributed by atoms with Crippen LogP contribution in [0.4, 0.5) is 0 Å². The minimum absolute atomic E-state index is 0. The van der Waals surface area contributed by atoms with Crippen molar-refractivity contribution < 1.29 is 34.8 Å². The fourth-order valence-electron chi connectivity index (χ4n) is 4.51. The van der Waals surface area contributed by atoms with Crippen molar-refractivity contribution in [3.05, 3.63) is 100 Å². The monoisotopic (exact) mass is 641 g/mol. The fraction of sp³-hybridized carbons (Fsp3) is 0.167. The van der Waals surface area contributed by atoms with E-state index in [4.69, 9.17) is 5.11 Å². The van der Waals surface area contributed by atoms with Gasteiger partial charge in [0.25, 0.3) is 0 Å². The van der Waals surface area contributed by atoms with Crippen LogP contribution in [0.25, 0.3) is 33.2 Å². The van der Waals surface area contributed by atoms with Crippen molar-refractivity contribution in [3.8, 4) is 22.4 Å². The van der Waals surface area contributed by atoms with Crippen LogP contribution in [-0.4, -0.2) is 21.7 Å². The Morgan fingerprint density at radius 1 is 0.971 bits per heavy atom. The fourth-order valence-corrected chi connectivity index (χ4v) is 4.51. The molecule has 0 amide bonds. The maximum Gasteiger partial charge on any atom is 0.194 e. The van der Waals surface area contributed by atoms with Crippen LogP contribution in [0.5, 0.6) is 0 Å². The van der Waals surface area contributed by atoms with Crippen molar-refractivity contribution in [2.24, 2.45) is 0 Å². The second-order valence-electron chi connectivity index (χ2n) is 8.76. The number of benzene rings is 3. The molecule has 3 aromatic carbocycles. The summed E-state index contributed by atoms with van der Waals surface area (Å²) in [7, 11) is 0. The zero-order valence-electron chi connectivity index (χ0n) is 20.3. The number of aliphatic hydroxyl groups excluding tert-OH is 1. The van der Waals surface area contributed by atoms with E-state index >= 15 is 0 Å². The number of aromatic nitrogens is 1. The smallest absolute Gasteiger partial charge is 0.194 e. The normalized spacial score (nSPS) is 11.8. The third-order valence-corrected chi connectivity index (χ3v) is 5.75. The number of carbonyl (C=O) groups is 2. The van der Waals surface area contributed by atoms with Crippen LogP contribution in [-0.2, 0) is 24.9 Å². The second-order valence-corrected chi connectivity index (χ2v) is 8.76.